The Morgan fingerprint density at radius 3 is 2.63 bits per heavy atom. The molecule has 0 bridgehead atoms. The number of halogens is 2. The first-order valence-electron chi connectivity index (χ1n) is 6.44. The predicted octanol–water partition coefficient (Wildman–Crippen LogP) is 4.31. The topological polar surface area (TPSA) is 12.0 Å². The Hall–Kier alpha value is -1.19. The largest absolute Gasteiger partial charge is 0.313 e. The average Bonchev–Trinajstić information content (AvgIpc) is 2.43. The first kappa shape index (κ1) is 14.2. The fraction of sp³-hybridized carbons (Fsp3) is 0.250. The van der Waals surface area contributed by atoms with Gasteiger partial charge in [0, 0.05) is 11.0 Å². The van der Waals surface area contributed by atoms with Gasteiger partial charge in [0.15, 0.2) is 0 Å². The van der Waals surface area contributed by atoms with Crippen LogP contribution in [0.5, 0.6) is 0 Å². The Balaban J connectivity index is 1.71. The molecule has 0 aliphatic rings. The summed E-state index contributed by atoms with van der Waals surface area (Å²) in [5, 5.41) is 3.34. The zero-order valence-electron chi connectivity index (χ0n) is 10.7. The van der Waals surface area contributed by atoms with Gasteiger partial charge in [-0.2, -0.15) is 0 Å². The molecule has 1 N–H and O–H groups in total. The molecule has 2 aromatic rings. The molecular formula is C16H17BrFN. The van der Waals surface area contributed by atoms with Crippen molar-refractivity contribution in [3.63, 3.8) is 0 Å². The van der Waals surface area contributed by atoms with E-state index in [1.807, 2.05) is 6.07 Å². The van der Waals surface area contributed by atoms with Crippen LogP contribution in [0.2, 0.25) is 0 Å². The number of hydrogen-bond donors (Lipinski definition) is 1. The molecular weight excluding hydrogens is 305 g/mol. The molecule has 3 heteroatoms. The summed E-state index contributed by atoms with van der Waals surface area (Å²) in [6.07, 6.45) is 2.15. The molecule has 0 aliphatic carbocycles. The third-order valence-corrected chi connectivity index (χ3v) is 3.76. The van der Waals surface area contributed by atoms with Crippen LogP contribution in [0, 0.1) is 5.82 Å². The maximum atomic E-state index is 13.1. The van der Waals surface area contributed by atoms with Gasteiger partial charge in [-0.05, 0) is 48.7 Å². The Bertz CT molecular complexity index is 513. The third-order valence-electron chi connectivity index (χ3n) is 2.99. The number of hydrogen-bond acceptors (Lipinski definition) is 1. The Kier molecular flexibility index (Phi) is 5.55. The molecule has 2 aromatic carbocycles. The molecule has 0 aliphatic heterocycles. The lowest BCUT2D eigenvalue weighted by Gasteiger charge is -2.07. The zero-order chi connectivity index (χ0) is 13.5. The maximum Gasteiger partial charge on any atom is 0.123 e. The van der Waals surface area contributed by atoms with E-state index in [1.54, 1.807) is 12.1 Å². The SMILES string of the molecule is Fc1ccc(Br)c(CNCCCc2ccccc2)c1. The van der Waals surface area contributed by atoms with Crippen molar-refractivity contribution in [2.45, 2.75) is 19.4 Å². The zero-order valence-corrected chi connectivity index (χ0v) is 12.3. The molecule has 2 rings (SSSR count). The summed E-state index contributed by atoms with van der Waals surface area (Å²) in [6.45, 7) is 1.62. The molecule has 0 amide bonds. The first-order chi connectivity index (χ1) is 9.25. The summed E-state index contributed by atoms with van der Waals surface area (Å²) in [6, 6.07) is 15.2. The van der Waals surface area contributed by atoms with Crippen LogP contribution < -0.4 is 5.32 Å². The summed E-state index contributed by atoms with van der Waals surface area (Å²) in [5.74, 6) is -0.190. The highest BCUT2D eigenvalue weighted by Gasteiger charge is 2.01. The van der Waals surface area contributed by atoms with Crippen molar-refractivity contribution in [3.05, 3.63) is 69.9 Å². The van der Waals surface area contributed by atoms with Crippen LogP contribution in [0.15, 0.2) is 53.0 Å². The first-order valence-corrected chi connectivity index (χ1v) is 7.23. The van der Waals surface area contributed by atoms with Gasteiger partial charge in [-0.15, -0.1) is 0 Å². The Morgan fingerprint density at radius 1 is 1.05 bits per heavy atom. The van der Waals surface area contributed by atoms with Gasteiger partial charge in [-0.25, -0.2) is 4.39 Å². The minimum atomic E-state index is -0.190. The standard InChI is InChI=1S/C16H17BrFN/c17-16-9-8-15(18)11-14(16)12-19-10-4-7-13-5-2-1-3-6-13/h1-3,5-6,8-9,11,19H,4,7,10,12H2. The third kappa shape index (κ3) is 4.77. The molecule has 0 radical (unpaired) electrons. The van der Waals surface area contributed by atoms with Crippen LogP contribution in [0.25, 0.3) is 0 Å². The van der Waals surface area contributed by atoms with Gasteiger partial charge in [0.1, 0.15) is 5.82 Å². The van der Waals surface area contributed by atoms with E-state index in [0.717, 1.165) is 29.4 Å². The Labute approximate surface area is 122 Å². The lowest BCUT2D eigenvalue weighted by atomic mass is 10.1. The molecule has 0 fully saturated rings. The van der Waals surface area contributed by atoms with Crippen LogP contribution in [-0.4, -0.2) is 6.54 Å². The molecule has 0 aromatic heterocycles. The quantitative estimate of drug-likeness (QED) is 0.782. The van der Waals surface area contributed by atoms with Gasteiger partial charge in [0.2, 0.25) is 0 Å². The van der Waals surface area contributed by atoms with Crippen LogP contribution in [0.1, 0.15) is 17.5 Å². The van der Waals surface area contributed by atoms with E-state index in [0.29, 0.717) is 6.54 Å². The van der Waals surface area contributed by atoms with E-state index in [1.165, 1.54) is 11.6 Å². The van der Waals surface area contributed by atoms with Crippen molar-refractivity contribution in [1.82, 2.24) is 5.32 Å². The monoisotopic (exact) mass is 321 g/mol. The van der Waals surface area contributed by atoms with E-state index >= 15 is 0 Å². The summed E-state index contributed by atoms with van der Waals surface area (Å²) < 4.78 is 14.0. The van der Waals surface area contributed by atoms with Crippen molar-refractivity contribution >= 4 is 15.9 Å². The van der Waals surface area contributed by atoms with Gasteiger partial charge in [0.25, 0.3) is 0 Å². The maximum absolute atomic E-state index is 13.1. The summed E-state index contributed by atoms with van der Waals surface area (Å²) in [7, 11) is 0. The van der Waals surface area contributed by atoms with E-state index in [2.05, 4.69) is 45.5 Å². The fourth-order valence-electron chi connectivity index (χ4n) is 1.96. The molecule has 0 spiro atoms. The Morgan fingerprint density at radius 2 is 1.84 bits per heavy atom. The number of aryl methyl sites for hydroxylation is 1. The van der Waals surface area contributed by atoms with Crippen molar-refractivity contribution in [1.29, 1.82) is 0 Å². The fourth-order valence-corrected chi connectivity index (χ4v) is 2.35. The molecule has 0 atom stereocenters. The highest BCUT2D eigenvalue weighted by molar-refractivity contribution is 9.10. The van der Waals surface area contributed by atoms with E-state index in [4.69, 9.17) is 0 Å². The highest BCUT2D eigenvalue weighted by atomic mass is 79.9. The summed E-state index contributed by atoms with van der Waals surface area (Å²) in [4.78, 5) is 0. The molecule has 0 heterocycles. The minimum absolute atomic E-state index is 0.190. The van der Waals surface area contributed by atoms with Crippen molar-refractivity contribution in [2.24, 2.45) is 0 Å². The van der Waals surface area contributed by atoms with Gasteiger partial charge in [-0.3, -0.25) is 0 Å². The molecule has 0 unspecified atom stereocenters. The normalized spacial score (nSPS) is 10.6. The lowest BCUT2D eigenvalue weighted by molar-refractivity contribution is 0.615. The number of nitrogens with one attached hydrogen (secondary N) is 1. The molecule has 0 saturated heterocycles. The van der Waals surface area contributed by atoms with Crippen molar-refractivity contribution in [2.75, 3.05) is 6.54 Å². The van der Waals surface area contributed by atoms with E-state index in [-0.39, 0.29) is 5.82 Å². The second-order valence-electron chi connectivity index (χ2n) is 4.50. The van der Waals surface area contributed by atoms with E-state index < -0.39 is 0 Å². The molecule has 0 saturated carbocycles. The van der Waals surface area contributed by atoms with E-state index in [9.17, 15) is 4.39 Å². The second kappa shape index (κ2) is 7.41. The second-order valence-corrected chi connectivity index (χ2v) is 5.36. The average molecular weight is 322 g/mol. The summed E-state index contributed by atoms with van der Waals surface area (Å²) in [5.41, 5.74) is 2.32. The number of benzene rings is 2. The van der Waals surface area contributed by atoms with Crippen LogP contribution >= 0.6 is 15.9 Å². The van der Waals surface area contributed by atoms with Crippen LogP contribution in [0.4, 0.5) is 4.39 Å². The van der Waals surface area contributed by atoms with Gasteiger partial charge >= 0.3 is 0 Å². The van der Waals surface area contributed by atoms with Crippen LogP contribution in [0.3, 0.4) is 0 Å². The lowest BCUT2D eigenvalue weighted by Crippen LogP contribution is -2.15. The van der Waals surface area contributed by atoms with Crippen LogP contribution in [-0.2, 0) is 13.0 Å². The van der Waals surface area contributed by atoms with Gasteiger partial charge in [0.05, 0.1) is 0 Å². The minimum Gasteiger partial charge on any atom is -0.313 e. The number of rotatable bonds is 6. The van der Waals surface area contributed by atoms with Crippen molar-refractivity contribution < 1.29 is 4.39 Å². The molecule has 1 nitrogen and oxygen atoms in total. The predicted molar refractivity (Wildman–Crippen MR) is 80.6 cm³/mol. The molecule has 19 heavy (non-hydrogen) atoms. The van der Waals surface area contributed by atoms with Gasteiger partial charge < -0.3 is 5.32 Å². The molecule has 100 valence electrons. The highest BCUT2D eigenvalue weighted by Crippen LogP contribution is 2.17. The smallest absolute Gasteiger partial charge is 0.123 e. The van der Waals surface area contributed by atoms with Gasteiger partial charge in [-0.1, -0.05) is 46.3 Å². The summed E-state index contributed by atoms with van der Waals surface area (Å²) >= 11 is 3.43. The van der Waals surface area contributed by atoms with Crippen molar-refractivity contribution in [3.8, 4) is 0 Å².